The van der Waals surface area contributed by atoms with Crippen LogP contribution < -0.4 is 4.74 Å². The molecule has 3 rings (SSSR count). The van der Waals surface area contributed by atoms with Crippen LogP contribution in [0.1, 0.15) is 34.0 Å². The van der Waals surface area contributed by atoms with Crippen LogP contribution in [0, 0.1) is 20.8 Å². The summed E-state index contributed by atoms with van der Waals surface area (Å²) in [5.41, 5.74) is 4.78. The maximum absolute atomic E-state index is 12.8. The standard InChI is InChI=1S/C20H22N4O2S/c1-12-6-9-18(26-5)17(10-12)24-20(21-22-23-24)27-15(4)19(25)16-8-7-13(2)14(3)11-16/h6-11,15H,1-5H3. The van der Waals surface area contributed by atoms with E-state index >= 15 is 0 Å². The quantitative estimate of drug-likeness (QED) is 0.475. The maximum Gasteiger partial charge on any atom is 0.214 e. The largest absolute Gasteiger partial charge is 0.494 e. The van der Waals surface area contributed by atoms with Crippen molar-refractivity contribution in [2.75, 3.05) is 7.11 Å². The molecule has 1 unspecified atom stereocenters. The molecule has 0 aliphatic carbocycles. The number of hydrogen-bond acceptors (Lipinski definition) is 6. The average molecular weight is 382 g/mol. The Kier molecular flexibility index (Phi) is 5.60. The number of aryl methyl sites for hydroxylation is 3. The van der Waals surface area contributed by atoms with Crippen LogP contribution in [0.4, 0.5) is 0 Å². The first kappa shape index (κ1) is 19.1. The summed E-state index contributed by atoms with van der Waals surface area (Å²) in [4.78, 5) is 12.8. The lowest BCUT2D eigenvalue weighted by Gasteiger charge is -2.13. The van der Waals surface area contributed by atoms with E-state index in [9.17, 15) is 4.79 Å². The van der Waals surface area contributed by atoms with Gasteiger partial charge in [-0.2, -0.15) is 4.68 Å². The van der Waals surface area contributed by atoms with Gasteiger partial charge in [0.1, 0.15) is 11.4 Å². The number of ketones is 1. The lowest BCUT2D eigenvalue weighted by atomic mass is 10.0. The van der Waals surface area contributed by atoms with Crippen molar-refractivity contribution in [3.63, 3.8) is 0 Å². The van der Waals surface area contributed by atoms with Gasteiger partial charge in [-0.1, -0.05) is 30.0 Å². The third-order valence-corrected chi connectivity index (χ3v) is 5.48. The van der Waals surface area contributed by atoms with Crippen LogP contribution in [-0.2, 0) is 0 Å². The smallest absolute Gasteiger partial charge is 0.214 e. The number of hydrogen-bond donors (Lipinski definition) is 0. The minimum Gasteiger partial charge on any atom is -0.494 e. The number of Topliss-reactive ketones (excluding diaryl/α,β-unsaturated/α-hetero) is 1. The SMILES string of the molecule is COc1ccc(C)cc1-n1nnnc1SC(C)C(=O)c1ccc(C)c(C)c1. The Morgan fingerprint density at radius 2 is 1.89 bits per heavy atom. The highest BCUT2D eigenvalue weighted by Gasteiger charge is 2.22. The van der Waals surface area contributed by atoms with Crippen molar-refractivity contribution in [2.24, 2.45) is 0 Å². The van der Waals surface area contributed by atoms with Gasteiger partial charge in [-0.15, -0.1) is 5.10 Å². The second kappa shape index (κ2) is 7.92. The van der Waals surface area contributed by atoms with Crippen molar-refractivity contribution in [2.45, 2.75) is 38.1 Å². The molecule has 0 amide bonds. The fourth-order valence-corrected chi connectivity index (χ4v) is 3.59. The molecule has 140 valence electrons. The van der Waals surface area contributed by atoms with Crippen LogP contribution in [0.15, 0.2) is 41.6 Å². The van der Waals surface area contributed by atoms with E-state index in [2.05, 4.69) is 15.5 Å². The van der Waals surface area contributed by atoms with E-state index in [-0.39, 0.29) is 11.0 Å². The Morgan fingerprint density at radius 1 is 1.11 bits per heavy atom. The number of carbonyl (C=O) groups is 1. The molecule has 2 aromatic carbocycles. The topological polar surface area (TPSA) is 69.9 Å². The first-order valence-corrected chi connectivity index (χ1v) is 9.50. The molecule has 0 aliphatic heterocycles. The van der Waals surface area contributed by atoms with Gasteiger partial charge < -0.3 is 4.74 Å². The zero-order valence-electron chi connectivity index (χ0n) is 16.1. The molecule has 0 saturated heterocycles. The molecule has 0 radical (unpaired) electrons. The second-order valence-corrected chi connectivity index (χ2v) is 7.78. The Bertz CT molecular complexity index is 984. The van der Waals surface area contributed by atoms with E-state index in [4.69, 9.17) is 4.74 Å². The monoisotopic (exact) mass is 382 g/mol. The van der Waals surface area contributed by atoms with Gasteiger partial charge in [-0.05, 0) is 73.0 Å². The molecule has 0 N–H and O–H groups in total. The molecule has 0 bridgehead atoms. The summed E-state index contributed by atoms with van der Waals surface area (Å²) in [5, 5.41) is 12.2. The highest BCUT2D eigenvalue weighted by molar-refractivity contribution is 8.00. The van der Waals surface area contributed by atoms with Crippen molar-refractivity contribution in [3.8, 4) is 11.4 Å². The summed E-state index contributed by atoms with van der Waals surface area (Å²) in [7, 11) is 1.61. The predicted molar refractivity (Wildman–Crippen MR) is 106 cm³/mol. The molecule has 1 atom stereocenters. The second-order valence-electron chi connectivity index (χ2n) is 6.47. The minimum atomic E-state index is -0.326. The Balaban J connectivity index is 1.87. The van der Waals surface area contributed by atoms with Crippen molar-refractivity contribution in [1.82, 2.24) is 20.2 Å². The highest BCUT2D eigenvalue weighted by Crippen LogP contribution is 2.30. The summed E-state index contributed by atoms with van der Waals surface area (Å²) >= 11 is 1.33. The van der Waals surface area contributed by atoms with Gasteiger partial charge in [-0.3, -0.25) is 4.79 Å². The summed E-state index contributed by atoms with van der Waals surface area (Å²) in [6.07, 6.45) is 0. The molecule has 6 nitrogen and oxygen atoms in total. The van der Waals surface area contributed by atoms with Crippen LogP contribution in [-0.4, -0.2) is 38.4 Å². The van der Waals surface area contributed by atoms with Gasteiger partial charge in [0.05, 0.1) is 12.4 Å². The van der Waals surface area contributed by atoms with Gasteiger partial charge in [0, 0.05) is 5.56 Å². The normalized spacial score (nSPS) is 12.0. The Morgan fingerprint density at radius 3 is 2.59 bits per heavy atom. The first-order valence-electron chi connectivity index (χ1n) is 8.62. The zero-order chi connectivity index (χ0) is 19.6. The molecule has 7 heteroatoms. The van der Waals surface area contributed by atoms with Crippen LogP contribution >= 0.6 is 11.8 Å². The van der Waals surface area contributed by atoms with E-state index < -0.39 is 0 Å². The van der Waals surface area contributed by atoms with Crippen molar-refractivity contribution in [1.29, 1.82) is 0 Å². The number of tetrazole rings is 1. The Labute approximate surface area is 162 Å². The third-order valence-electron chi connectivity index (χ3n) is 4.45. The molecule has 0 aliphatic rings. The number of benzene rings is 2. The van der Waals surface area contributed by atoms with Gasteiger partial charge in [0.15, 0.2) is 5.78 Å². The predicted octanol–water partition coefficient (Wildman–Crippen LogP) is 3.96. The average Bonchev–Trinajstić information content (AvgIpc) is 3.11. The van der Waals surface area contributed by atoms with E-state index in [0.717, 1.165) is 16.8 Å². The minimum absolute atomic E-state index is 0.0499. The molecular weight excluding hydrogens is 360 g/mol. The molecule has 1 aromatic heterocycles. The highest BCUT2D eigenvalue weighted by atomic mass is 32.2. The van der Waals surface area contributed by atoms with E-state index in [0.29, 0.717) is 16.5 Å². The molecule has 0 fully saturated rings. The summed E-state index contributed by atoms with van der Waals surface area (Å²) in [5.74, 6) is 0.719. The lowest BCUT2D eigenvalue weighted by Crippen LogP contribution is -2.15. The van der Waals surface area contributed by atoms with Crippen LogP contribution in [0.25, 0.3) is 5.69 Å². The van der Waals surface area contributed by atoms with Gasteiger partial charge in [-0.25, -0.2) is 0 Å². The zero-order valence-corrected chi connectivity index (χ0v) is 16.9. The lowest BCUT2D eigenvalue weighted by molar-refractivity contribution is 0.0993. The molecule has 27 heavy (non-hydrogen) atoms. The van der Waals surface area contributed by atoms with Gasteiger partial charge >= 0.3 is 0 Å². The molecule has 0 saturated carbocycles. The van der Waals surface area contributed by atoms with Crippen molar-refractivity contribution < 1.29 is 9.53 Å². The van der Waals surface area contributed by atoms with E-state index in [1.807, 2.05) is 64.1 Å². The third kappa shape index (κ3) is 4.03. The summed E-state index contributed by atoms with van der Waals surface area (Å²) in [6, 6.07) is 11.6. The maximum atomic E-state index is 12.8. The number of aromatic nitrogens is 4. The number of ether oxygens (including phenoxy) is 1. The number of rotatable bonds is 6. The van der Waals surface area contributed by atoms with Gasteiger partial charge in [0.2, 0.25) is 5.16 Å². The number of thioether (sulfide) groups is 1. The number of nitrogens with zero attached hydrogens (tertiary/aromatic N) is 4. The van der Waals surface area contributed by atoms with Gasteiger partial charge in [0.25, 0.3) is 0 Å². The first-order chi connectivity index (χ1) is 12.9. The number of carbonyl (C=O) groups excluding carboxylic acids is 1. The Hall–Kier alpha value is -2.67. The number of methoxy groups -OCH3 is 1. The van der Waals surface area contributed by atoms with Crippen LogP contribution in [0.3, 0.4) is 0 Å². The van der Waals surface area contributed by atoms with E-state index in [1.165, 1.54) is 17.3 Å². The summed E-state index contributed by atoms with van der Waals surface area (Å²) < 4.78 is 7.04. The van der Waals surface area contributed by atoms with Crippen molar-refractivity contribution in [3.05, 3.63) is 58.7 Å². The van der Waals surface area contributed by atoms with Crippen molar-refractivity contribution >= 4 is 17.5 Å². The summed E-state index contributed by atoms with van der Waals surface area (Å²) in [6.45, 7) is 7.90. The van der Waals surface area contributed by atoms with Crippen LogP contribution in [0.2, 0.25) is 0 Å². The van der Waals surface area contributed by atoms with E-state index in [1.54, 1.807) is 11.8 Å². The van der Waals surface area contributed by atoms with Crippen LogP contribution in [0.5, 0.6) is 5.75 Å². The molecular formula is C20H22N4O2S. The molecule has 3 aromatic rings. The fourth-order valence-electron chi connectivity index (χ4n) is 2.71. The molecule has 0 spiro atoms. The fraction of sp³-hybridized carbons (Fsp3) is 0.300. The molecule has 1 heterocycles.